The van der Waals surface area contributed by atoms with E-state index in [0.29, 0.717) is 12.8 Å². The van der Waals surface area contributed by atoms with Crippen molar-refractivity contribution in [3.05, 3.63) is 0 Å². The molecule has 11 heavy (non-hydrogen) atoms. The number of hydrogen-bond acceptors (Lipinski definition) is 2. The summed E-state index contributed by atoms with van der Waals surface area (Å²) in [5, 5.41) is 0. The van der Waals surface area contributed by atoms with Gasteiger partial charge in [-0.3, -0.25) is 9.59 Å². The molecule has 1 aliphatic rings. The van der Waals surface area contributed by atoms with Crippen LogP contribution in [0.25, 0.3) is 0 Å². The number of carbonyl (C=O) groups is 2. The van der Waals surface area contributed by atoms with Crippen molar-refractivity contribution >= 4 is 11.6 Å². The van der Waals surface area contributed by atoms with Crippen LogP contribution >= 0.6 is 0 Å². The van der Waals surface area contributed by atoms with Gasteiger partial charge in [0.15, 0.2) is 0 Å². The maximum atomic E-state index is 11.2. The molecule has 0 bridgehead atoms. The zero-order valence-corrected chi connectivity index (χ0v) is 6.93. The normalized spacial score (nSPS) is 24.1. The molecular formula is C9H14O2. The van der Waals surface area contributed by atoms with Gasteiger partial charge in [-0.2, -0.15) is 0 Å². The number of carbonyl (C=O) groups excluding carboxylic acids is 2. The van der Waals surface area contributed by atoms with E-state index in [2.05, 4.69) is 0 Å². The Morgan fingerprint density at radius 3 is 2.82 bits per heavy atom. The highest BCUT2D eigenvalue weighted by Gasteiger charge is 2.29. The van der Waals surface area contributed by atoms with E-state index in [-0.39, 0.29) is 17.5 Å². The molecule has 2 heteroatoms. The first kappa shape index (κ1) is 8.44. The third-order valence-electron chi connectivity index (χ3n) is 2.19. The first-order valence-electron chi connectivity index (χ1n) is 4.31. The van der Waals surface area contributed by atoms with E-state index in [4.69, 9.17) is 0 Å². The Hall–Kier alpha value is -0.660. The smallest absolute Gasteiger partial charge is 0.143 e. The van der Waals surface area contributed by atoms with Gasteiger partial charge in [0.25, 0.3) is 0 Å². The van der Waals surface area contributed by atoms with Crippen molar-refractivity contribution in [3.63, 3.8) is 0 Å². The summed E-state index contributed by atoms with van der Waals surface area (Å²) in [6, 6.07) is 0. The molecule has 2 nitrogen and oxygen atoms in total. The monoisotopic (exact) mass is 154 g/mol. The Bertz CT molecular complexity index is 172. The van der Waals surface area contributed by atoms with Gasteiger partial charge in [0.2, 0.25) is 0 Å². The van der Waals surface area contributed by atoms with E-state index in [9.17, 15) is 9.59 Å². The van der Waals surface area contributed by atoms with Gasteiger partial charge in [0.05, 0.1) is 5.92 Å². The van der Waals surface area contributed by atoms with E-state index < -0.39 is 0 Å². The highest BCUT2D eigenvalue weighted by atomic mass is 16.2. The third kappa shape index (κ3) is 1.88. The molecule has 0 spiro atoms. The highest BCUT2D eigenvalue weighted by Crippen LogP contribution is 2.23. The second kappa shape index (κ2) is 3.65. The summed E-state index contributed by atoms with van der Waals surface area (Å²) in [4.78, 5) is 22.3. The van der Waals surface area contributed by atoms with Gasteiger partial charge >= 0.3 is 0 Å². The molecule has 0 N–H and O–H groups in total. The van der Waals surface area contributed by atoms with Gasteiger partial charge in [0.1, 0.15) is 11.6 Å². The largest absolute Gasteiger partial charge is 0.299 e. The maximum Gasteiger partial charge on any atom is 0.143 e. The van der Waals surface area contributed by atoms with Crippen molar-refractivity contribution < 1.29 is 9.59 Å². The van der Waals surface area contributed by atoms with Gasteiger partial charge < -0.3 is 0 Å². The van der Waals surface area contributed by atoms with Crippen LogP contribution in [0.15, 0.2) is 0 Å². The lowest BCUT2D eigenvalue weighted by molar-refractivity contribution is -0.130. The molecule has 1 rings (SSSR count). The Morgan fingerprint density at radius 2 is 2.36 bits per heavy atom. The van der Waals surface area contributed by atoms with Crippen LogP contribution < -0.4 is 0 Å². The molecule has 0 aromatic rings. The minimum absolute atomic E-state index is 0.162. The van der Waals surface area contributed by atoms with Gasteiger partial charge in [-0.1, -0.05) is 6.92 Å². The van der Waals surface area contributed by atoms with Crippen molar-refractivity contribution in [3.8, 4) is 0 Å². The van der Waals surface area contributed by atoms with Crippen molar-refractivity contribution in [1.29, 1.82) is 0 Å². The minimum atomic E-state index is -0.227. The molecule has 0 aliphatic heterocycles. The summed E-state index contributed by atoms with van der Waals surface area (Å²) < 4.78 is 0. The molecule has 1 saturated carbocycles. The quantitative estimate of drug-likeness (QED) is 0.580. The fraction of sp³-hybridized carbons (Fsp3) is 0.778. The molecule has 0 radical (unpaired) electrons. The lowest BCUT2D eigenvalue weighted by Gasteiger charge is -2.03. The Kier molecular flexibility index (Phi) is 2.80. The Morgan fingerprint density at radius 1 is 1.64 bits per heavy atom. The van der Waals surface area contributed by atoms with E-state index >= 15 is 0 Å². The van der Waals surface area contributed by atoms with Crippen molar-refractivity contribution in [1.82, 2.24) is 0 Å². The zero-order valence-electron chi connectivity index (χ0n) is 6.93. The first-order valence-corrected chi connectivity index (χ1v) is 4.31. The number of Topliss-reactive ketones (excluding diaryl/α,β-unsaturated/α-hetero) is 2. The second-order valence-electron chi connectivity index (χ2n) is 3.13. The van der Waals surface area contributed by atoms with Crippen LogP contribution in [0.4, 0.5) is 0 Å². The van der Waals surface area contributed by atoms with Gasteiger partial charge in [-0.05, 0) is 19.3 Å². The SMILES string of the molecule is CCCC(=O)C1CCCC1=O. The lowest BCUT2D eigenvalue weighted by Crippen LogP contribution is -2.17. The Labute approximate surface area is 67.0 Å². The summed E-state index contributed by atoms with van der Waals surface area (Å²) in [6.07, 6.45) is 3.79. The number of hydrogen-bond donors (Lipinski definition) is 0. The van der Waals surface area contributed by atoms with Crippen LogP contribution in [0.1, 0.15) is 39.0 Å². The average molecular weight is 154 g/mol. The molecule has 0 saturated heterocycles. The highest BCUT2D eigenvalue weighted by molar-refractivity contribution is 6.03. The average Bonchev–Trinajstić information content (AvgIpc) is 2.36. The topological polar surface area (TPSA) is 34.1 Å². The number of ketones is 2. The lowest BCUT2D eigenvalue weighted by atomic mass is 9.98. The summed E-state index contributed by atoms with van der Waals surface area (Å²) in [7, 11) is 0. The van der Waals surface area contributed by atoms with E-state index in [1.54, 1.807) is 0 Å². The molecule has 62 valence electrons. The fourth-order valence-electron chi connectivity index (χ4n) is 1.58. The molecule has 0 aromatic heterocycles. The molecular weight excluding hydrogens is 140 g/mol. The molecule has 1 fully saturated rings. The van der Waals surface area contributed by atoms with Crippen LogP contribution in [-0.4, -0.2) is 11.6 Å². The molecule has 1 aliphatic carbocycles. The molecule has 1 unspecified atom stereocenters. The summed E-state index contributed by atoms with van der Waals surface area (Å²) in [5.74, 6) is 0.105. The number of rotatable bonds is 3. The van der Waals surface area contributed by atoms with Crippen molar-refractivity contribution in [2.75, 3.05) is 0 Å². The van der Waals surface area contributed by atoms with Crippen molar-refractivity contribution in [2.45, 2.75) is 39.0 Å². The van der Waals surface area contributed by atoms with E-state index in [1.165, 1.54) is 0 Å². The predicted molar refractivity (Wildman–Crippen MR) is 42.3 cm³/mol. The third-order valence-corrected chi connectivity index (χ3v) is 2.19. The van der Waals surface area contributed by atoms with Crippen LogP contribution in [0.3, 0.4) is 0 Å². The molecule has 0 amide bonds. The van der Waals surface area contributed by atoms with Crippen LogP contribution in [-0.2, 0) is 9.59 Å². The standard InChI is InChI=1S/C9H14O2/c1-2-4-8(10)7-5-3-6-9(7)11/h7H,2-6H2,1H3. The summed E-state index contributed by atoms with van der Waals surface area (Å²) in [6.45, 7) is 1.97. The van der Waals surface area contributed by atoms with Gasteiger partial charge in [0, 0.05) is 12.8 Å². The van der Waals surface area contributed by atoms with Gasteiger partial charge in [-0.15, -0.1) is 0 Å². The Balaban J connectivity index is 2.46. The summed E-state index contributed by atoms with van der Waals surface area (Å²) in [5.41, 5.74) is 0. The second-order valence-corrected chi connectivity index (χ2v) is 3.13. The minimum Gasteiger partial charge on any atom is -0.299 e. The van der Waals surface area contributed by atoms with Crippen molar-refractivity contribution in [2.24, 2.45) is 5.92 Å². The maximum absolute atomic E-state index is 11.2. The fourth-order valence-corrected chi connectivity index (χ4v) is 1.58. The zero-order chi connectivity index (χ0) is 8.27. The first-order chi connectivity index (χ1) is 5.25. The summed E-state index contributed by atoms with van der Waals surface area (Å²) >= 11 is 0. The molecule has 0 heterocycles. The van der Waals surface area contributed by atoms with Crippen LogP contribution in [0.2, 0.25) is 0 Å². The molecule has 0 aromatic carbocycles. The van der Waals surface area contributed by atoms with Gasteiger partial charge in [-0.25, -0.2) is 0 Å². The molecule has 1 atom stereocenters. The van der Waals surface area contributed by atoms with E-state index in [0.717, 1.165) is 19.3 Å². The van der Waals surface area contributed by atoms with Crippen LogP contribution in [0.5, 0.6) is 0 Å². The predicted octanol–water partition coefficient (Wildman–Crippen LogP) is 1.72. The van der Waals surface area contributed by atoms with Crippen LogP contribution in [0, 0.1) is 5.92 Å². The van der Waals surface area contributed by atoms with E-state index in [1.807, 2.05) is 6.92 Å².